The van der Waals surface area contributed by atoms with Crippen molar-refractivity contribution in [3.05, 3.63) is 100 Å². The van der Waals surface area contributed by atoms with Gasteiger partial charge >= 0.3 is 0 Å². The van der Waals surface area contributed by atoms with Crippen LogP contribution in [0.15, 0.2) is 73.1 Å². The number of amides is 2. The number of hydrogen-bond donors (Lipinski definition) is 1. The molecule has 43 heavy (non-hydrogen) atoms. The number of rotatable bonds is 7. The zero-order valence-corrected chi connectivity index (χ0v) is 24.2. The molecule has 0 saturated carbocycles. The zero-order chi connectivity index (χ0) is 30.1. The molecule has 0 spiro atoms. The Kier molecular flexibility index (Phi) is 7.56. The number of anilines is 1. The van der Waals surface area contributed by atoms with Crippen LogP contribution in [0.2, 0.25) is 5.02 Å². The number of hydrogen-bond acceptors (Lipinski definition) is 7. The van der Waals surface area contributed by atoms with E-state index in [1.54, 1.807) is 40.9 Å². The Morgan fingerprint density at radius 2 is 1.93 bits per heavy atom. The van der Waals surface area contributed by atoms with Crippen LogP contribution in [0.3, 0.4) is 0 Å². The average molecular weight is 595 g/mol. The number of aryl methyl sites for hydroxylation is 1. The average Bonchev–Trinajstić information content (AvgIpc) is 3.63. The number of Topliss-reactive ketones (excluding diaryl/α,β-unsaturated/α-hetero) is 1. The Bertz CT molecular complexity index is 1900. The molecule has 12 heteroatoms. The van der Waals surface area contributed by atoms with E-state index in [0.29, 0.717) is 35.1 Å². The summed E-state index contributed by atoms with van der Waals surface area (Å²) in [5.74, 6) is -0.210. The molecule has 0 unspecified atom stereocenters. The molecule has 3 aromatic carbocycles. The van der Waals surface area contributed by atoms with Crippen molar-refractivity contribution in [1.29, 1.82) is 0 Å². The molecular formula is C31H27ClN8O3. The van der Waals surface area contributed by atoms with E-state index in [1.807, 2.05) is 42.5 Å². The number of halogens is 1. The van der Waals surface area contributed by atoms with Gasteiger partial charge < -0.3 is 10.2 Å². The molecule has 2 amide bonds. The number of fused-ring (bicyclic) bond motifs is 2. The van der Waals surface area contributed by atoms with Gasteiger partial charge in [-0.1, -0.05) is 41.9 Å². The molecule has 0 bridgehead atoms. The number of nitrogens with one attached hydrogen (secondary N) is 1. The van der Waals surface area contributed by atoms with Gasteiger partial charge in [-0.05, 0) is 69.9 Å². The monoisotopic (exact) mass is 594 g/mol. The Balaban J connectivity index is 1.31. The molecule has 0 radical (unpaired) electrons. The minimum absolute atomic E-state index is 0.0918. The highest BCUT2D eigenvalue weighted by atomic mass is 35.5. The van der Waals surface area contributed by atoms with Gasteiger partial charge in [-0.15, -0.1) is 5.10 Å². The van der Waals surface area contributed by atoms with Gasteiger partial charge in [0.15, 0.2) is 11.6 Å². The van der Waals surface area contributed by atoms with Crippen LogP contribution < -0.4 is 5.32 Å². The third kappa shape index (κ3) is 5.67. The zero-order valence-electron chi connectivity index (χ0n) is 23.4. The summed E-state index contributed by atoms with van der Waals surface area (Å²) in [4.78, 5) is 41.1. The number of aromatic nitrogens is 6. The van der Waals surface area contributed by atoms with Crippen LogP contribution in [0.1, 0.15) is 35.2 Å². The summed E-state index contributed by atoms with van der Waals surface area (Å²) in [6.45, 7) is 1.81. The minimum atomic E-state index is -0.764. The summed E-state index contributed by atoms with van der Waals surface area (Å²) in [6, 6.07) is 17.8. The molecule has 3 heterocycles. The van der Waals surface area contributed by atoms with Crippen molar-refractivity contribution >= 4 is 52.0 Å². The second-order valence-electron chi connectivity index (χ2n) is 10.3. The van der Waals surface area contributed by atoms with Gasteiger partial charge in [0.05, 0.1) is 11.2 Å². The maximum Gasteiger partial charge on any atom is 0.247 e. The highest BCUT2D eigenvalue weighted by molar-refractivity contribution is 6.30. The van der Waals surface area contributed by atoms with Crippen molar-refractivity contribution in [3.8, 4) is 5.69 Å². The summed E-state index contributed by atoms with van der Waals surface area (Å²) < 4.78 is 3.17. The predicted molar refractivity (Wildman–Crippen MR) is 162 cm³/mol. The fraction of sp³-hybridized carbons (Fsp3) is 0.194. The van der Waals surface area contributed by atoms with E-state index in [2.05, 4.69) is 25.9 Å². The molecule has 0 aliphatic carbocycles. The fourth-order valence-corrected chi connectivity index (χ4v) is 5.71. The first kappa shape index (κ1) is 28.0. The van der Waals surface area contributed by atoms with E-state index in [4.69, 9.17) is 11.6 Å². The standard InChI is InChI=1S/C31H27ClN8O3/c1-19(41)34-31-25-15-20(7-10-27(25)38(2)35-31)16-28(42)30-24-6-4-3-5-21(24)13-14-39(30)29(43)12-8-22-17-23(32)9-11-26(22)40-18-33-36-37-40/h3-12,15,17-18,30H,13-14,16H2,1-2H3,(H,34,35,41)/b12-8+/t30-/m0/s1. The summed E-state index contributed by atoms with van der Waals surface area (Å²) >= 11 is 6.25. The van der Waals surface area contributed by atoms with Crippen molar-refractivity contribution in [3.63, 3.8) is 0 Å². The Hall–Kier alpha value is -5.16. The number of carbonyl (C=O) groups excluding carboxylic acids is 3. The van der Waals surface area contributed by atoms with Crippen molar-refractivity contribution < 1.29 is 14.4 Å². The van der Waals surface area contributed by atoms with Crippen molar-refractivity contribution in [2.75, 3.05) is 11.9 Å². The van der Waals surface area contributed by atoms with Crippen LogP contribution in [0, 0.1) is 0 Å². The molecule has 0 saturated heterocycles. The molecule has 6 rings (SSSR count). The van der Waals surface area contributed by atoms with Crippen LogP contribution in [0.5, 0.6) is 0 Å². The molecular weight excluding hydrogens is 568 g/mol. The summed E-state index contributed by atoms with van der Waals surface area (Å²) in [5, 5.41) is 19.7. The molecule has 5 aromatic rings. The van der Waals surface area contributed by atoms with E-state index in [-0.39, 0.29) is 24.0 Å². The largest absolute Gasteiger partial charge is 0.325 e. The number of ketones is 1. The SMILES string of the molecule is CC(=O)Nc1nn(C)c2ccc(CC(=O)[C@@H]3c4ccccc4CCN3C(=O)/C=C/c3cc(Cl)ccc3-n3cnnn3)cc12. The molecule has 1 aliphatic heterocycles. The lowest BCUT2D eigenvalue weighted by Crippen LogP contribution is -2.43. The smallest absolute Gasteiger partial charge is 0.247 e. The van der Waals surface area contributed by atoms with Gasteiger partial charge in [0.1, 0.15) is 12.4 Å². The first-order valence-corrected chi connectivity index (χ1v) is 14.0. The van der Waals surface area contributed by atoms with Crippen LogP contribution >= 0.6 is 11.6 Å². The molecule has 216 valence electrons. The number of carbonyl (C=O) groups is 3. The van der Waals surface area contributed by atoms with Gasteiger partial charge in [-0.3, -0.25) is 19.1 Å². The van der Waals surface area contributed by atoms with Crippen LogP contribution in [-0.2, 0) is 34.3 Å². The third-order valence-electron chi connectivity index (χ3n) is 7.45. The number of benzene rings is 3. The normalized spacial score (nSPS) is 14.7. The minimum Gasteiger partial charge on any atom is -0.325 e. The van der Waals surface area contributed by atoms with E-state index < -0.39 is 6.04 Å². The lowest BCUT2D eigenvalue weighted by molar-refractivity contribution is -0.136. The highest BCUT2D eigenvalue weighted by Crippen LogP contribution is 2.33. The Morgan fingerprint density at radius 1 is 1.09 bits per heavy atom. The van der Waals surface area contributed by atoms with Gasteiger partial charge in [0.25, 0.3) is 0 Å². The maximum atomic E-state index is 14.0. The molecule has 0 fully saturated rings. The molecule has 11 nitrogen and oxygen atoms in total. The van der Waals surface area contributed by atoms with Crippen molar-refractivity contribution in [2.45, 2.75) is 25.8 Å². The summed E-state index contributed by atoms with van der Waals surface area (Å²) in [7, 11) is 1.80. The maximum absolute atomic E-state index is 14.0. The van der Waals surface area contributed by atoms with E-state index >= 15 is 0 Å². The van der Waals surface area contributed by atoms with E-state index in [0.717, 1.165) is 27.6 Å². The molecule has 1 atom stereocenters. The second kappa shape index (κ2) is 11.6. The van der Waals surface area contributed by atoms with Crippen LogP contribution in [0.25, 0.3) is 22.7 Å². The lowest BCUT2D eigenvalue weighted by atomic mass is 9.88. The van der Waals surface area contributed by atoms with Gasteiger partial charge in [-0.2, -0.15) is 9.78 Å². The topological polar surface area (TPSA) is 128 Å². The molecule has 1 N–H and O–H groups in total. The fourth-order valence-electron chi connectivity index (χ4n) is 5.53. The van der Waals surface area contributed by atoms with Gasteiger partial charge in [0, 0.05) is 49.0 Å². The summed E-state index contributed by atoms with van der Waals surface area (Å²) in [5.41, 5.74) is 4.74. The first-order valence-electron chi connectivity index (χ1n) is 13.6. The highest BCUT2D eigenvalue weighted by Gasteiger charge is 2.34. The Morgan fingerprint density at radius 3 is 2.72 bits per heavy atom. The van der Waals surface area contributed by atoms with E-state index in [9.17, 15) is 14.4 Å². The molecule has 1 aliphatic rings. The van der Waals surface area contributed by atoms with Crippen molar-refractivity contribution in [2.24, 2.45) is 7.05 Å². The molecule has 2 aromatic heterocycles. The summed E-state index contributed by atoms with van der Waals surface area (Å²) in [6.07, 6.45) is 5.30. The lowest BCUT2D eigenvalue weighted by Gasteiger charge is -2.36. The second-order valence-corrected chi connectivity index (χ2v) is 10.8. The predicted octanol–water partition coefficient (Wildman–Crippen LogP) is 4.11. The first-order chi connectivity index (χ1) is 20.8. The quantitative estimate of drug-likeness (QED) is 0.281. The van der Waals surface area contributed by atoms with Gasteiger partial charge in [-0.25, -0.2) is 0 Å². The number of nitrogens with zero attached hydrogens (tertiary/aromatic N) is 7. The third-order valence-corrected chi connectivity index (χ3v) is 7.68. The van der Waals surface area contributed by atoms with Gasteiger partial charge in [0.2, 0.25) is 11.8 Å². The van der Waals surface area contributed by atoms with Crippen LogP contribution in [0.4, 0.5) is 5.82 Å². The van der Waals surface area contributed by atoms with E-state index in [1.165, 1.54) is 24.0 Å². The number of tetrazole rings is 1. The van der Waals surface area contributed by atoms with Crippen molar-refractivity contribution in [1.82, 2.24) is 34.9 Å². The Labute approximate surface area is 251 Å². The van der Waals surface area contributed by atoms with Crippen LogP contribution in [-0.4, -0.2) is 59.0 Å².